The van der Waals surface area contributed by atoms with Crippen LogP contribution >= 0.6 is 0 Å². The van der Waals surface area contributed by atoms with E-state index >= 15 is 0 Å². The first-order valence-electron chi connectivity index (χ1n) is 8.50. The van der Waals surface area contributed by atoms with Crippen LogP contribution in [0.15, 0.2) is 54.6 Å². The van der Waals surface area contributed by atoms with E-state index in [2.05, 4.69) is 5.32 Å². The molecule has 2 rings (SSSR count). The van der Waals surface area contributed by atoms with Gasteiger partial charge in [-0.3, -0.25) is 14.4 Å². The van der Waals surface area contributed by atoms with Crippen LogP contribution in [0.1, 0.15) is 43.1 Å². The number of anilines is 1. The number of ketones is 1. The lowest BCUT2D eigenvalue weighted by atomic mass is 9.85. The first-order chi connectivity index (χ1) is 12.3. The first kappa shape index (κ1) is 19.4. The van der Waals surface area contributed by atoms with Gasteiger partial charge >= 0.3 is 5.97 Å². The molecule has 5 heteroatoms. The fourth-order valence-corrected chi connectivity index (χ4v) is 2.36. The second-order valence-corrected chi connectivity index (χ2v) is 6.47. The molecule has 0 bridgehead atoms. The molecule has 0 aliphatic rings. The number of carbonyl (C=O) groups excluding carboxylic acids is 3. The van der Waals surface area contributed by atoms with E-state index in [1.807, 2.05) is 30.3 Å². The van der Waals surface area contributed by atoms with E-state index in [9.17, 15) is 14.4 Å². The zero-order valence-electron chi connectivity index (χ0n) is 15.2. The van der Waals surface area contributed by atoms with Crippen molar-refractivity contribution in [2.75, 3.05) is 11.9 Å². The third-order valence-electron chi connectivity index (χ3n) is 4.15. The van der Waals surface area contributed by atoms with Gasteiger partial charge in [-0.2, -0.15) is 0 Å². The molecule has 0 fully saturated rings. The summed E-state index contributed by atoms with van der Waals surface area (Å²) in [5, 5.41) is 2.71. The summed E-state index contributed by atoms with van der Waals surface area (Å²) in [5.41, 5.74) is 1.03. The van der Waals surface area contributed by atoms with E-state index in [1.165, 1.54) is 0 Å². The Kier molecular flexibility index (Phi) is 6.28. The molecule has 0 saturated heterocycles. The van der Waals surface area contributed by atoms with Gasteiger partial charge < -0.3 is 10.1 Å². The summed E-state index contributed by atoms with van der Waals surface area (Å²) in [5.74, 6) is -0.847. The van der Waals surface area contributed by atoms with Gasteiger partial charge in [-0.25, -0.2) is 0 Å². The van der Waals surface area contributed by atoms with Crippen LogP contribution in [-0.4, -0.2) is 24.3 Å². The maximum Gasteiger partial charge on any atom is 0.316 e. The molecule has 0 unspecified atom stereocenters. The second-order valence-electron chi connectivity index (χ2n) is 6.47. The fourth-order valence-electron chi connectivity index (χ4n) is 2.36. The molecule has 0 radical (unpaired) electrons. The third-order valence-corrected chi connectivity index (χ3v) is 4.15. The van der Waals surface area contributed by atoms with Crippen molar-refractivity contribution in [1.82, 2.24) is 0 Å². The van der Waals surface area contributed by atoms with E-state index in [1.54, 1.807) is 45.0 Å². The SMILES string of the molecule is CCC(=O)Nc1ccc(C(=O)COC(=O)C(C)(C)c2ccccc2)cc1. The van der Waals surface area contributed by atoms with Crippen LogP contribution in [0.4, 0.5) is 5.69 Å². The van der Waals surface area contributed by atoms with E-state index in [0.29, 0.717) is 17.7 Å². The van der Waals surface area contributed by atoms with Gasteiger partial charge in [-0.05, 0) is 43.7 Å². The Labute approximate surface area is 153 Å². The molecule has 26 heavy (non-hydrogen) atoms. The van der Waals surface area contributed by atoms with E-state index in [4.69, 9.17) is 4.74 Å². The smallest absolute Gasteiger partial charge is 0.316 e. The maximum absolute atomic E-state index is 12.4. The van der Waals surface area contributed by atoms with Crippen LogP contribution in [0.3, 0.4) is 0 Å². The number of ether oxygens (including phenoxy) is 1. The molecule has 136 valence electrons. The van der Waals surface area contributed by atoms with Gasteiger partial charge in [0.25, 0.3) is 0 Å². The molecular formula is C21H23NO4. The third kappa shape index (κ3) is 4.79. The number of hydrogen-bond acceptors (Lipinski definition) is 4. The highest BCUT2D eigenvalue weighted by molar-refractivity contribution is 5.99. The Hall–Kier alpha value is -2.95. The number of hydrogen-bond donors (Lipinski definition) is 1. The Bertz CT molecular complexity index is 779. The fraction of sp³-hybridized carbons (Fsp3) is 0.286. The average molecular weight is 353 g/mol. The molecule has 0 aliphatic heterocycles. The van der Waals surface area contributed by atoms with Gasteiger partial charge in [0.15, 0.2) is 12.4 Å². The Morgan fingerprint density at radius 2 is 1.58 bits per heavy atom. The van der Waals surface area contributed by atoms with Crippen molar-refractivity contribution < 1.29 is 19.1 Å². The van der Waals surface area contributed by atoms with Gasteiger partial charge in [-0.15, -0.1) is 0 Å². The van der Waals surface area contributed by atoms with Gasteiger partial charge in [-0.1, -0.05) is 37.3 Å². The highest BCUT2D eigenvalue weighted by Crippen LogP contribution is 2.24. The van der Waals surface area contributed by atoms with Crippen LogP contribution in [0, 0.1) is 0 Å². The number of Topliss-reactive ketones (excluding diaryl/α,β-unsaturated/α-hetero) is 1. The number of benzene rings is 2. The van der Waals surface area contributed by atoms with Crippen LogP contribution in [0.25, 0.3) is 0 Å². The van der Waals surface area contributed by atoms with Gasteiger partial charge in [0.05, 0.1) is 5.41 Å². The molecule has 0 aromatic heterocycles. The lowest BCUT2D eigenvalue weighted by Gasteiger charge is -2.22. The maximum atomic E-state index is 12.4. The molecule has 0 heterocycles. The van der Waals surface area contributed by atoms with Crippen LogP contribution in [-0.2, 0) is 19.7 Å². The molecule has 0 spiro atoms. The predicted molar refractivity (Wildman–Crippen MR) is 100 cm³/mol. The summed E-state index contributed by atoms with van der Waals surface area (Å²) < 4.78 is 5.23. The Morgan fingerprint density at radius 1 is 0.962 bits per heavy atom. The van der Waals surface area contributed by atoms with Crippen LogP contribution in [0.5, 0.6) is 0 Å². The summed E-state index contributed by atoms with van der Waals surface area (Å²) in [7, 11) is 0. The minimum Gasteiger partial charge on any atom is -0.457 e. The van der Waals surface area contributed by atoms with E-state index in [0.717, 1.165) is 5.56 Å². The molecule has 1 N–H and O–H groups in total. The van der Waals surface area contributed by atoms with Crippen molar-refractivity contribution >= 4 is 23.3 Å². The first-order valence-corrected chi connectivity index (χ1v) is 8.50. The molecule has 0 saturated carbocycles. The molecule has 5 nitrogen and oxygen atoms in total. The summed E-state index contributed by atoms with van der Waals surface area (Å²) in [6.07, 6.45) is 0.383. The van der Waals surface area contributed by atoms with E-state index < -0.39 is 11.4 Å². The summed E-state index contributed by atoms with van der Waals surface area (Å²) in [4.78, 5) is 36.0. The lowest BCUT2D eigenvalue weighted by molar-refractivity contribution is -0.148. The zero-order chi connectivity index (χ0) is 19.2. The van der Waals surface area contributed by atoms with E-state index in [-0.39, 0.29) is 18.3 Å². The molecule has 2 aromatic rings. The van der Waals surface area contributed by atoms with Crippen molar-refractivity contribution in [3.8, 4) is 0 Å². The molecule has 2 aromatic carbocycles. The molecular weight excluding hydrogens is 330 g/mol. The Balaban J connectivity index is 1.95. The highest BCUT2D eigenvalue weighted by atomic mass is 16.5. The minimum atomic E-state index is -0.837. The predicted octanol–water partition coefficient (Wildman–Crippen LogP) is 3.74. The molecule has 1 amide bonds. The van der Waals surface area contributed by atoms with Gasteiger partial charge in [0, 0.05) is 17.7 Å². The summed E-state index contributed by atoms with van der Waals surface area (Å²) in [6.45, 7) is 4.97. The van der Waals surface area contributed by atoms with Crippen molar-refractivity contribution in [2.24, 2.45) is 0 Å². The normalized spacial score (nSPS) is 10.9. The quantitative estimate of drug-likeness (QED) is 0.608. The van der Waals surface area contributed by atoms with Gasteiger partial charge in [0.1, 0.15) is 0 Å². The minimum absolute atomic E-state index is 0.0962. The number of nitrogens with one attached hydrogen (secondary N) is 1. The van der Waals surface area contributed by atoms with Crippen LogP contribution < -0.4 is 5.32 Å². The Morgan fingerprint density at radius 3 is 2.15 bits per heavy atom. The summed E-state index contributed by atoms with van der Waals surface area (Å²) in [6, 6.07) is 15.8. The topological polar surface area (TPSA) is 72.5 Å². The van der Waals surface area contributed by atoms with Crippen molar-refractivity contribution in [2.45, 2.75) is 32.6 Å². The number of rotatable bonds is 7. The molecule has 0 atom stereocenters. The highest BCUT2D eigenvalue weighted by Gasteiger charge is 2.31. The zero-order valence-corrected chi connectivity index (χ0v) is 15.2. The van der Waals surface area contributed by atoms with Crippen LogP contribution in [0.2, 0.25) is 0 Å². The second kappa shape index (κ2) is 8.43. The standard InChI is InChI=1S/C21H23NO4/c1-4-19(24)22-17-12-10-15(11-13-17)18(23)14-26-20(25)21(2,3)16-8-6-5-7-9-16/h5-13H,4,14H2,1-3H3,(H,22,24). The molecule has 0 aliphatic carbocycles. The average Bonchev–Trinajstić information content (AvgIpc) is 2.66. The number of carbonyl (C=O) groups is 3. The largest absolute Gasteiger partial charge is 0.457 e. The van der Waals surface area contributed by atoms with Crippen molar-refractivity contribution in [1.29, 1.82) is 0 Å². The number of amides is 1. The van der Waals surface area contributed by atoms with Gasteiger partial charge in [0.2, 0.25) is 5.91 Å². The van der Waals surface area contributed by atoms with Crippen molar-refractivity contribution in [3.05, 3.63) is 65.7 Å². The lowest BCUT2D eigenvalue weighted by Crippen LogP contribution is -2.32. The van der Waals surface area contributed by atoms with Crippen molar-refractivity contribution in [3.63, 3.8) is 0 Å². The summed E-state index contributed by atoms with van der Waals surface area (Å²) >= 11 is 0. The monoisotopic (exact) mass is 353 g/mol. The number of esters is 1.